The molecule has 0 fully saturated rings. The number of aryl methyl sites for hydroxylation is 1. The van der Waals surface area contributed by atoms with E-state index in [1.165, 1.54) is 18.3 Å². The van der Waals surface area contributed by atoms with Crippen LogP contribution in [0.5, 0.6) is 0 Å². The zero-order valence-electron chi connectivity index (χ0n) is 14.0. The van der Waals surface area contributed by atoms with Gasteiger partial charge in [0.15, 0.2) is 5.58 Å². The van der Waals surface area contributed by atoms with Crippen molar-refractivity contribution in [2.75, 3.05) is 0 Å². The van der Waals surface area contributed by atoms with Gasteiger partial charge in [-0.05, 0) is 31.2 Å². The highest BCUT2D eigenvalue weighted by molar-refractivity contribution is 7.80. The van der Waals surface area contributed by atoms with Gasteiger partial charge >= 0.3 is 6.18 Å². The number of aliphatic hydroxyl groups excluding tert-OH is 1. The molecular formula is C18H14F3N3O2S. The number of benzene rings is 1. The topological polar surface area (TPSA) is 84.6 Å². The molecular weight excluding hydrogens is 379 g/mol. The minimum absolute atomic E-state index is 0.0330. The van der Waals surface area contributed by atoms with Crippen molar-refractivity contribution in [2.45, 2.75) is 19.7 Å². The van der Waals surface area contributed by atoms with E-state index in [4.69, 9.17) is 22.4 Å². The van der Waals surface area contributed by atoms with Gasteiger partial charge in [0.25, 0.3) is 0 Å². The fraction of sp³-hybridized carbons (Fsp3) is 0.167. The van der Waals surface area contributed by atoms with Crippen molar-refractivity contribution in [3.8, 4) is 0 Å². The third-order valence-corrected chi connectivity index (χ3v) is 4.11. The van der Waals surface area contributed by atoms with E-state index < -0.39 is 11.7 Å². The van der Waals surface area contributed by atoms with Gasteiger partial charge in [-0.25, -0.2) is 4.99 Å². The molecule has 27 heavy (non-hydrogen) atoms. The van der Waals surface area contributed by atoms with Crippen molar-refractivity contribution in [1.82, 2.24) is 4.98 Å². The van der Waals surface area contributed by atoms with E-state index in [-0.39, 0.29) is 28.4 Å². The maximum absolute atomic E-state index is 12.9. The third-order valence-electron chi connectivity index (χ3n) is 3.89. The Morgan fingerprint density at radius 3 is 2.70 bits per heavy atom. The van der Waals surface area contributed by atoms with Crippen LogP contribution in [0.1, 0.15) is 22.4 Å². The molecule has 3 rings (SSSR count). The summed E-state index contributed by atoms with van der Waals surface area (Å²) in [6.07, 6.45) is -2.99. The number of nitrogens with two attached hydrogens (primary N) is 1. The molecule has 2 aromatic heterocycles. The second-order valence-corrected chi connectivity index (χ2v) is 6.20. The predicted octanol–water partition coefficient (Wildman–Crippen LogP) is 3.51. The molecule has 0 saturated carbocycles. The van der Waals surface area contributed by atoms with Crippen LogP contribution in [0.3, 0.4) is 0 Å². The smallest absolute Gasteiger partial charge is 0.416 e. The molecule has 0 spiro atoms. The first-order valence-electron chi connectivity index (χ1n) is 7.75. The van der Waals surface area contributed by atoms with Crippen LogP contribution in [-0.4, -0.2) is 15.1 Å². The Morgan fingerprint density at radius 1 is 1.33 bits per heavy atom. The molecule has 140 valence electrons. The molecule has 2 heterocycles. The lowest BCUT2D eigenvalue weighted by atomic mass is 10.1. The number of halogens is 3. The highest BCUT2D eigenvalue weighted by atomic mass is 32.1. The van der Waals surface area contributed by atoms with Crippen LogP contribution in [0.15, 0.2) is 45.9 Å². The monoisotopic (exact) mass is 393 g/mol. The number of aromatic nitrogens is 1. The van der Waals surface area contributed by atoms with Crippen molar-refractivity contribution < 1.29 is 22.7 Å². The highest BCUT2D eigenvalue weighted by Crippen LogP contribution is 2.31. The van der Waals surface area contributed by atoms with Gasteiger partial charge in [-0.15, -0.1) is 0 Å². The highest BCUT2D eigenvalue weighted by Gasteiger charge is 2.30. The average molecular weight is 393 g/mol. The Balaban J connectivity index is 2.31. The molecule has 1 aromatic carbocycles. The Labute approximate surface area is 157 Å². The molecule has 3 aromatic rings. The number of alkyl halides is 3. The van der Waals surface area contributed by atoms with E-state index >= 15 is 0 Å². The van der Waals surface area contributed by atoms with Gasteiger partial charge in [0.1, 0.15) is 4.99 Å². The normalized spacial score (nSPS) is 12.6. The second-order valence-electron chi connectivity index (χ2n) is 5.76. The van der Waals surface area contributed by atoms with Gasteiger partial charge in [0, 0.05) is 17.1 Å². The van der Waals surface area contributed by atoms with Gasteiger partial charge in [0.2, 0.25) is 5.55 Å². The van der Waals surface area contributed by atoms with E-state index in [0.29, 0.717) is 22.2 Å². The fourth-order valence-electron chi connectivity index (χ4n) is 2.54. The lowest BCUT2D eigenvalue weighted by Gasteiger charge is -2.09. The number of aliphatic hydroxyl groups is 1. The first kappa shape index (κ1) is 19.0. The van der Waals surface area contributed by atoms with Crippen molar-refractivity contribution in [2.24, 2.45) is 10.7 Å². The van der Waals surface area contributed by atoms with Gasteiger partial charge in [-0.3, -0.25) is 4.98 Å². The van der Waals surface area contributed by atoms with Crippen LogP contribution in [0.2, 0.25) is 0 Å². The molecule has 0 saturated heterocycles. The maximum Gasteiger partial charge on any atom is 0.416 e. The lowest BCUT2D eigenvalue weighted by Crippen LogP contribution is -2.21. The van der Waals surface area contributed by atoms with Crippen molar-refractivity contribution in [1.29, 1.82) is 0 Å². The molecule has 0 amide bonds. The maximum atomic E-state index is 12.9. The number of nitrogens with zero attached hydrogens (tertiary/aromatic N) is 2. The first-order valence-corrected chi connectivity index (χ1v) is 8.16. The van der Waals surface area contributed by atoms with Crippen LogP contribution in [0.25, 0.3) is 11.0 Å². The largest absolute Gasteiger partial charge is 0.436 e. The molecule has 9 heteroatoms. The van der Waals surface area contributed by atoms with Gasteiger partial charge < -0.3 is 15.3 Å². The standard InChI is InChI=1S/C18H14F3N3O2S/c1-9-15-13(10(8-25)7-23-9)6-14(16(22)27)17(26-15)24-12-4-2-3-11(5-12)18(19,20)21/h2-7,25H,8H2,1H3,(H2,22,27). The zero-order valence-corrected chi connectivity index (χ0v) is 14.9. The Kier molecular flexibility index (Phi) is 4.99. The van der Waals surface area contributed by atoms with Gasteiger partial charge in [0.05, 0.1) is 29.1 Å². The van der Waals surface area contributed by atoms with Crippen LogP contribution in [0, 0.1) is 6.92 Å². The van der Waals surface area contributed by atoms with Crippen LogP contribution < -0.4 is 11.3 Å². The molecule has 0 unspecified atom stereocenters. The minimum atomic E-state index is -4.49. The van der Waals surface area contributed by atoms with Crippen molar-refractivity contribution in [3.63, 3.8) is 0 Å². The zero-order chi connectivity index (χ0) is 19.8. The molecule has 0 aliphatic rings. The minimum Gasteiger partial charge on any atom is -0.436 e. The van der Waals surface area contributed by atoms with Crippen molar-refractivity contribution >= 4 is 33.9 Å². The van der Waals surface area contributed by atoms with E-state index in [1.807, 2.05) is 0 Å². The molecule has 0 radical (unpaired) electrons. The number of hydrogen-bond acceptors (Lipinski definition) is 5. The summed E-state index contributed by atoms with van der Waals surface area (Å²) in [6.45, 7) is 1.42. The van der Waals surface area contributed by atoms with Gasteiger partial charge in [-0.1, -0.05) is 18.3 Å². The molecule has 0 aliphatic carbocycles. The summed E-state index contributed by atoms with van der Waals surface area (Å²) >= 11 is 5.03. The number of thiocarbonyl (C=S) groups is 1. The van der Waals surface area contributed by atoms with Crippen LogP contribution in [-0.2, 0) is 12.8 Å². The predicted molar refractivity (Wildman–Crippen MR) is 97.2 cm³/mol. The van der Waals surface area contributed by atoms with Crippen molar-refractivity contribution in [3.05, 3.63) is 64.5 Å². The van der Waals surface area contributed by atoms with E-state index in [1.54, 1.807) is 13.0 Å². The molecule has 0 bridgehead atoms. The average Bonchev–Trinajstić information content (AvgIpc) is 2.61. The number of hydrogen-bond donors (Lipinski definition) is 2. The van der Waals surface area contributed by atoms with Crippen LogP contribution in [0.4, 0.5) is 18.9 Å². The SMILES string of the molecule is Cc1ncc(CO)c2cc(C(N)=S)c(=Nc3cccc(C(F)(F)F)c3)oc12. The second kappa shape index (κ2) is 7.09. The Hall–Kier alpha value is -2.78. The summed E-state index contributed by atoms with van der Waals surface area (Å²) in [7, 11) is 0. The Bertz CT molecular complexity index is 1110. The Morgan fingerprint density at radius 2 is 2.07 bits per heavy atom. The summed E-state index contributed by atoms with van der Waals surface area (Å²) in [5.41, 5.74) is 6.53. The summed E-state index contributed by atoms with van der Waals surface area (Å²) in [5, 5.41) is 10.0. The number of fused-ring (bicyclic) bond motifs is 1. The molecule has 5 nitrogen and oxygen atoms in total. The summed E-state index contributed by atoms with van der Waals surface area (Å²) in [6, 6.07) is 6.10. The molecule has 3 N–H and O–H groups in total. The third kappa shape index (κ3) is 3.83. The van der Waals surface area contributed by atoms with E-state index in [0.717, 1.165) is 12.1 Å². The summed E-state index contributed by atoms with van der Waals surface area (Å²) in [5.74, 6) is 0. The fourth-order valence-corrected chi connectivity index (χ4v) is 2.69. The quantitative estimate of drug-likeness (QED) is 0.665. The number of pyridine rings is 1. The first-order chi connectivity index (χ1) is 12.7. The lowest BCUT2D eigenvalue weighted by molar-refractivity contribution is -0.137. The van der Waals surface area contributed by atoms with E-state index in [2.05, 4.69) is 9.98 Å². The number of rotatable bonds is 3. The van der Waals surface area contributed by atoms with E-state index in [9.17, 15) is 18.3 Å². The van der Waals surface area contributed by atoms with Gasteiger partial charge in [-0.2, -0.15) is 13.2 Å². The summed E-state index contributed by atoms with van der Waals surface area (Å²) in [4.78, 5) is 8.26. The molecule has 0 atom stereocenters. The summed E-state index contributed by atoms with van der Waals surface area (Å²) < 4.78 is 44.5. The molecule has 0 aliphatic heterocycles. The van der Waals surface area contributed by atoms with Crippen LogP contribution >= 0.6 is 12.2 Å².